The van der Waals surface area contributed by atoms with Crippen LogP contribution in [0.25, 0.3) is 0 Å². The first-order valence-electron chi connectivity index (χ1n) is 8.83. The van der Waals surface area contributed by atoms with Crippen molar-refractivity contribution >= 4 is 69.8 Å². The van der Waals surface area contributed by atoms with Crippen LogP contribution in [0, 0.1) is 12.8 Å². The van der Waals surface area contributed by atoms with Gasteiger partial charge in [-0.25, -0.2) is 0 Å². The van der Waals surface area contributed by atoms with Crippen molar-refractivity contribution in [3.8, 4) is 0 Å². The Morgan fingerprint density at radius 2 is 1.62 bits per heavy atom. The summed E-state index contributed by atoms with van der Waals surface area (Å²) in [4.78, 5) is 11.8. The molecule has 0 aromatic heterocycles. The predicted molar refractivity (Wildman–Crippen MR) is 131 cm³/mol. The Morgan fingerprint density at radius 3 is 2.10 bits per heavy atom. The fraction of sp³-hybridized carbons (Fsp3) is 0.238. The largest absolute Gasteiger partial charge is 0.396 e. The second-order valence-corrected chi connectivity index (χ2v) is 7.74. The van der Waals surface area contributed by atoms with Crippen LogP contribution >= 0.6 is 47.0 Å². The molecule has 2 aromatic rings. The minimum absolute atomic E-state index is 0.0132. The number of hydrogen-bond donors (Lipinski definition) is 3. The molecular formula is C21H24Cl3N3OS. The molecule has 0 aliphatic heterocycles. The molecule has 0 radical (unpaired) electrons. The van der Waals surface area contributed by atoms with Crippen molar-refractivity contribution < 1.29 is 4.79 Å². The SMILES string of the molecule is CNc1cc(Cl)cc(Cl)c1.Cc1cc(Cl)cc(NC(=O)C2C=CCC2)c1.NC=S. The van der Waals surface area contributed by atoms with Gasteiger partial charge in [0.05, 0.1) is 11.4 Å². The van der Waals surface area contributed by atoms with Crippen LogP contribution in [-0.2, 0) is 4.79 Å². The summed E-state index contributed by atoms with van der Waals surface area (Å²) >= 11 is 21.4. The molecule has 8 heteroatoms. The Labute approximate surface area is 192 Å². The second-order valence-electron chi connectivity index (χ2n) is 6.16. The maximum Gasteiger partial charge on any atom is 0.231 e. The molecule has 29 heavy (non-hydrogen) atoms. The van der Waals surface area contributed by atoms with E-state index >= 15 is 0 Å². The van der Waals surface area contributed by atoms with Crippen LogP contribution in [0.2, 0.25) is 15.1 Å². The number of carbonyl (C=O) groups is 1. The molecule has 4 N–H and O–H groups in total. The van der Waals surface area contributed by atoms with Crippen LogP contribution in [0.5, 0.6) is 0 Å². The van der Waals surface area contributed by atoms with Crippen molar-refractivity contribution in [1.29, 1.82) is 0 Å². The summed E-state index contributed by atoms with van der Waals surface area (Å²) in [6, 6.07) is 10.9. The average Bonchev–Trinajstić information content (AvgIpc) is 3.16. The molecule has 1 aliphatic carbocycles. The van der Waals surface area contributed by atoms with E-state index in [-0.39, 0.29) is 11.8 Å². The van der Waals surface area contributed by atoms with Crippen LogP contribution in [0.3, 0.4) is 0 Å². The summed E-state index contributed by atoms with van der Waals surface area (Å²) in [6.45, 7) is 1.96. The van der Waals surface area contributed by atoms with Gasteiger partial charge in [-0.1, -0.05) is 59.2 Å². The van der Waals surface area contributed by atoms with Crippen molar-refractivity contribution in [2.45, 2.75) is 19.8 Å². The van der Waals surface area contributed by atoms with Gasteiger partial charge in [0.2, 0.25) is 5.91 Å². The summed E-state index contributed by atoms with van der Waals surface area (Å²) in [5.74, 6) is 0.0645. The van der Waals surface area contributed by atoms with Crippen molar-refractivity contribution in [3.05, 3.63) is 69.2 Å². The molecule has 3 rings (SSSR count). The molecule has 0 saturated heterocycles. The summed E-state index contributed by atoms with van der Waals surface area (Å²) in [6.07, 6.45) is 5.91. The van der Waals surface area contributed by atoms with Crippen LogP contribution in [0.4, 0.5) is 11.4 Å². The number of aryl methyl sites for hydroxylation is 1. The molecule has 2 aromatic carbocycles. The lowest BCUT2D eigenvalue weighted by molar-refractivity contribution is -0.118. The quantitative estimate of drug-likeness (QED) is 0.353. The number of carbonyl (C=O) groups excluding carboxylic acids is 1. The maximum absolute atomic E-state index is 11.8. The van der Waals surface area contributed by atoms with Gasteiger partial charge in [-0.15, -0.1) is 0 Å². The summed E-state index contributed by atoms with van der Waals surface area (Å²) < 4.78 is 0. The lowest BCUT2D eigenvalue weighted by Crippen LogP contribution is -2.19. The fourth-order valence-electron chi connectivity index (χ4n) is 2.59. The summed E-state index contributed by atoms with van der Waals surface area (Å²) in [5, 5.41) is 7.78. The third-order valence-corrected chi connectivity index (χ3v) is 4.47. The lowest BCUT2D eigenvalue weighted by atomic mass is 10.1. The Balaban J connectivity index is 0.000000277. The number of nitrogens with two attached hydrogens (primary N) is 1. The smallest absolute Gasteiger partial charge is 0.231 e. The number of benzene rings is 2. The van der Waals surface area contributed by atoms with Gasteiger partial charge in [-0.3, -0.25) is 4.79 Å². The standard InChI is InChI=1S/C13H14ClNO.C7H7Cl2N.CH3NS/c1-9-6-11(14)8-12(7-9)15-13(16)10-4-2-3-5-10;1-10-7-3-5(8)2-6(9)4-7;2-1-3/h2,4,6-8,10H,3,5H2,1H3,(H,15,16);2-4,10H,1H3;1H,(H2,2,3). The molecule has 0 saturated carbocycles. The molecule has 1 atom stereocenters. The first-order valence-corrected chi connectivity index (χ1v) is 10.4. The maximum atomic E-state index is 11.8. The van der Waals surface area contributed by atoms with Crippen molar-refractivity contribution in [2.75, 3.05) is 17.7 Å². The molecule has 0 heterocycles. The van der Waals surface area contributed by atoms with Crippen LogP contribution in [0.1, 0.15) is 18.4 Å². The number of amides is 1. The zero-order valence-corrected chi connectivity index (χ0v) is 19.3. The van der Waals surface area contributed by atoms with E-state index in [0.29, 0.717) is 15.1 Å². The lowest BCUT2D eigenvalue weighted by Gasteiger charge is -2.10. The third-order valence-electron chi connectivity index (χ3n) is 3.81. The molecule has 4 nitrogen and oxygen atoms in total. The zero-order chi connectivity index (χ0) is 21.8. The number of hydrogen-bond acceptors (Lipinski definition) is 3. The van der Waals surface area contributed by atoms with Crippen LogP contribution in [-0.4, -0.2) is 18.4 Å². The predicted octanol–water partition coefficient (Wildman–Crippen LogP) is 6.49. The van der Waals surface area contributed by atoms with Gasteiger partial charge in [-0.2, -0.15) is 0 Å². The van der Waals surface area contributed by atoms with E-state index in [1.165, 1.54) is 0 Å². The number of rotatable bonds is 3. The Bertz CT molecular complexity index is 819. The Morgan fingerprint density at radius 1 is 1.07 bits per heavy atom. The highest BCUT2D eigenvalue weighted by atomic mass is 35.5. The van der Waals surface area contributed by atoms with Crippen molar-refractivity contribution in [1.82, 2.24) is 0 Å². The number of anilines is 2. The van der Waals surface area contributed by atoms with E-state index in [0.717, 1.165) is 35.3 Å². The number of thiocarbonyl (C=S) groups is 1. The van der Waals surface area contributed by atoms with Gasteiger partial charge < -0.3 is 16.4 Å². The number of nitrogens with one attached hydrogen (secondary N) is 2. The average molecular weight is 473 g/mol. The van der Waals surface area contributed by atoms with Crippen LogP contribution in [0.15, 0.2) is 48.6 Å². The zero-order valence-electron chi connectivity index (χ0n) is 16.2. The molecule has 0 fully saturated rings. The molecule has 1 unspecified atom stereocenters. The summed E-state index contributed by atoms with van der Waals surface area (Å²) in [7, 11) is 1.82. The van der Waals surface area contributed by atoms with Gasteiger partial charge >= 0.3 is 0 Å². The van der Waals surface area contributed by atoms with E-state index in [9.17, 15) is 4.79 Å². The van der Waals surface area contributed by atoms with Gasteiger partial charge in [0.15, 0.2) is 0 Å². The van der Waals surface area contributed by atoms with E-state index in [1.807, 2.05) is 50.4 Å². The highest BCUT2D eigenvalue weighted by molar-refractivity contribution is 7.78. The van der Waals surface area contributed by atoms with Gasteiger partial charge in [-0.05, 0) is 61.7 Å². The summed E-state index contributed by atoms with van der Waals surface area (Å²) in [5.41, 5.74) is 8.37. The molecule has 1 amide bonds. The fourth-order valence-corrected chi connectivity index (χ4v) is 3.41. The van der Waals surface area contributed by atoms with E-state index < -0.39 is 0 Å². The highest BCUT2D eigenvalue weighted by Crippen LogP contribution is 2.23. The number of allylic oxidation sites excluding steroid dienone is 1. The third kappa shape index (κ3) is 9.99. The van der Waals surface area contributed by atoms with E-state index in [2.05, 4.69) is 28.6 Å². The van der Waals surface area contributed by atoms with E-state index in [4.69, 9.17) is 34.8 Å². The minimum atomic E-state index is 0.0132. The second kappa shape index (κ2) is 13.4. The highest BCUT2D eigenvalue weighted by Gasteiger charge is 2.18. The van der Waals surface area contributed by atoms with Gasteiger partial charge in [0.1, 0.15) is 0 Å². The topological polar surface area (TPSA) is 67.1 Å². The molecule has 1 aliphatic rings. The van der Waals surface area contributed by atoms with Gasteiger partial charge in [0, 0.05) is 33.5 Å². The van der Waals surface area contributed by atoms with Crippen LogP contribution < -0.4 is 16.4 Å². The molecule has 156 valence electrons. The Kier molecular flexibility index (Phi) is 11.7. The normalized spacial score (nSPS) is 14.0. The van der Waals surface area contributed by atoms with Crippen molar-refractivity contribution in [3.63, 3.8) is 0 Å². The molecule has 0 spiro atoms. The first kappa shape index (κ1) is 25.2. The van der Waals surface area contributed by atoms with E-state index in [1.54, 1.807) is 12.1 Å². The minimum Gasteiger partial charge on any atom is -0.396 e. The Hall–Kier alpha value is -1.79. The number of halogens is 3. The first-order chi connectivity index (χ1) is 13.8. The molecular weight excluding hydrogens is 449 g/mol. The van der Waals surface area contributed by atoms with Crippen molar-refractivity contribution in [2.24, 2.45) is 11.7 Å². The molecule has 0 bridgehead atoms. The van der Waals surface area contributed by atoms with Gasteiger partial charge in [0.25, 0.3) is 0 Å². The monoisotopic (exact) mass is 471 g/mol.